The lowest BCUT2D eigenvalue weighted by atomic mass is 10.2. The molecule has 0 fully saturated rings. The minimum atomic E-state index is -1.08. The Morgan fingerprint density at radius 2 is 2.33 bits per heavy atom. The number of benzene rings is 1. The van der Waals surface area contributed by atoms with Crippen molar-refractivity contribution >= 4 is 5.97 Å². The van der Waals surface area contributed by atoms with Gasteiger partial charge in [-0.2, -0.15) is 9.90 Å². The number of carboxylic acids is 1. The molecule has 94 valence electrons. The SMILES string of the molecule is CCOc1cccc(Cn2ncc(C(=O)O)n2)c1. The second-order valence-electron chi connectivity index (χ2n) is 3.65. The van der Waals surface area contributed by atoms with E-state index in [4.69, 9.17) is 9.84 Å². The molecule has 6 nitrogen and oxygen atoms in total. The van der Waals surface area contributed by atoms with Crippen LogP contribution in [0.4, 0.5) is 0 Å². The molecule has 0 aliphatic rings. The van der Waals surface area contributed by atoms with Crippen LogP contribution in [-0.2, 0) is 6.54 Å². The van der Waals surface area contributed by atoms with Gasteiger partial charge in [-0.25, -0.2) is 4.79 Å². The van der Waals surface area contributed by atoms with Gasteiger partial charge >= 0.3 is 5.97 Å². The zero-order valence-corrected chi connectivity index (χ0v) is 9.91. The van der Waals surface area contributed by atoms with Crippen molar-refractivity contribution in [2.75, 3.05) is 6.61 Å². The molecule has 1 aromatic carbocycles. The summed E-state index contributed by atoms with van der Waals surface area (Å²) < 4.78 is 5.38. The van der Waals surface area contributed by atoms with Gasteiger partial charge in [0.1, 0.15) is 5.75 Å². The minimum absolute atomic E-state index is 0.0593. The quantitative estimate of drug-likeness (QED) is 0.864. The van der Waals surface area contributed by atoms with E-state index in [-0.39, 0.29) is 5.69 Å². The monoisotopic (exact) mass is 247 g/mol. The third kappa shape index (κ3) is 2.85. The Hall–Kier alpha value is -2.37. The highest BCUT2D eigenvalue weighted by Crippen LogP contribution is 2.13. The van der Waals surface area contributed by atoms with Crippen LogP contribution < -0.4 is 4.74 Å². The van der Waals surface area contributed by atoms with Gasteiger partial charge < -0.3 is 9.84 Å². The van der Waals surface area contributed by atoms with Crippen LogP contribution in [0.25, 0.3) is 0 Å². The first-order valence-electron chi connectivity index (χ1n) is 5.54. The molecule has 0 saturated heterocycles. The molecule has 18 heavy (non-hydrogen) atoms. The topological polar surface area (TPSA) is 77.2 Å². The number of nitrogens with zero attached hydrogens (tertiary/aromatic N) is 3. The largest absolute Gasteiger partial charge is 0.494 e. The van der Waals surface area contributed by atoms with Gasteiger partial charge in [-0.15, -0.1) is 5.10 Å². The average molecular weight is 247 g/mol. The molecule has 1 heterocycles. The van der Waals surface area contributed by atoms with E-state index in [1.165, 1.54) is 11.0 Å². The average Bonchev–Trinajstić information content (AvgIpc) is 2.78. The van der Waals surface area contributed by atoms with Gasteiger partial charge in [0.15, 0.2) is 5.69 Å². The van der Waals surface area contributed by atoms with E-state index in [0.29, 0.717) is 13.2 Å². The molecule has 0 radical (unpaired) electrons. The van der Waals surface area contributed by atoms with Gasteiger partial charge in [0.25, 0.3) is 0 Å². The highest BCUT2D eigenvalue weighted by molar-refractivity contribution is 5.84. The van der Waals surface area contributed by atoms with Crippen molar-refractivity contribution in [3.63, 3.8) is 0 Å². The van der Waals surface area contributed by atoms with Crippen LogP contribution in [0.3, 0.4) is 0 Å². The maximum Gasteiger partial charge on any atom is 0.358 e. The van der Waals surface area contributed by atoms with Crippen molar-refractivity contribution in [2.45, 2.75) is 13.5 Å². The molecule has 0 unspecified atom stereocenters. The molecule has 0 atom stereocenters. The minimum Gasteiger partial charge on any atom is -0.494 e. The van der Waals surface area contributed by atoms with E-state index in [9.17, 15) is 4.79 Å². The van der Waals surface area contributed by atoms with Crippen LogP contribution in [0.15, 0.2) is 30.5 Å². The number of rotatable bonds is 5. The molecule has 0 amide bonds. The van der Waals surface area contributed by atoms with E-state index < -0.39 is 5.97 Å². The Morgan fingerprint density at radius 3 is 3.00 bits per heavy atom. The molecule has 0 saturated carbocycles. The van der Waals surface area contributed by atoms with Crippen molar-refractivity contribution in [1.29, 1.82) is 0 Å². The van der Waals surface area contributed by atoms with Gasteiger partial charge in [-0.1, -0.05) is 12.1 Å². The second-order valence-corrected chi connectivity index (χ2v) is 3.65. The van der Waals surface area contributed by atoms with Gasteiger partial charge in [-0.3, -0.25) is 0 Å². The standard InChI is InChI=1S/C12H13N3O3/c1-2-18-10-5-3-4-9(6-10)8-15-13-7-11(14-15)12(16)17/h3-7H,2,8H2,1H3,(H,16,17). The lowest BCUT2D eigenvalue weighted by Crippen LogP contribution is -2.06. The first-order chi connectivity index (χ1) is 8.69. The summed E-state index contributed by atoms with van der Waals surface area (Å²) in [4.78, 5) is 12.0. The van der Waals surface area contributed by atoms with Gasteiger partial charge in [0, 0.05) is 0 Å². The summed E-state index contributed by atoms with van der Waals surface area (Å²) in [5.74, 6) is -0.301. The van der Waals surface area contributed by atoms with Gasteiger partial charge in [-0.05, 0) is 24.6 Å². The van der Waals surface area contributed by atoms with Crippen molar-refractivity contribution in [1.82, 2.24) is 15.0 Å². The molecule has 0 spiro atoms. The third-order valence-electron chi connectivity index (χ3n) is 2.29. The van der Waals surface area contributed by atoms with E-state index >= 15 is 0 Å². The van der Waals surface area contributed by atoms with E-state index in [1.807, 2.05) is 31.2 Å². The number of carboxylic acid groups (broad SMARTS) is 1. The molecule has 1 N–H and O–H groups in total. The maximum atomic E-state index is 10.7. The summed E-state index contributed by atoms with van der Waals surface area (Å²) in [6.45, 7) is 2.93. The van der Waals surface area contributed by atoms with Gasteiger partial charge in [0.05, 0.1) is 19.3 Å². The molecule has 6 heteroatoms. The number of ether oxygens (including phenoxy) is 1. The molecule has 0 aliphatic heterocycles. The van der Waals surface area contributed by atoms with Crippen molar-refractivity contribution in [3.05, 3.63) is 41.7 Å². The summed E-state index contributed by atoms with van der Waals surface area (Å²) in [7, 11) is 0. The number of hydrogen-bond acceptors (Lipinski definition) is 4. The normalized spacial score (nSPS) is 10.3. The smallest absolute Gasteiger partial charge is 0.358 e. The first-order valence-corrected chi connectivity index (χ1v) is 5.54. The second kappa shape index (κ2) is 5.31. The van der Waals surface area contributed by atoms with E-state index in [0.717, 1.165) is 11.3 Å². The summed E-state index contributed by atoms with van der Waals surface area (Å²) in [5, 5.41) is 16.5. The van der Waals surface area contributed by atoms with E-state index in [1.54, 1.807) is 0 Å². The van der Waals surface area contributed by atoms with Crippen LogP contribution in [0.1, 0.15) is 23.0 Å². The predicted molar refractivity (Wildman–Crippen MR) is 63.7 cm³/mol. The van der Waals surface area contributed by atoms with Crippen molar-refractivity contribution < 1.29 is 14.6 Å². The van der Waals surface area contributed by atoms with Crippen molar-refractivity contribution in [3.8, 4) is 5.75 Å². The highest BCUT2D eigenvalue weighted by atomic mass is 16.5. The first kappa shape index (κ1) is 12.1. The summed E-state index contributed by atoms with van der Waals surface area (Å²) in [6, 6.07) is 7.54. The lowest BCUT2D eigenvalue weighted by molar-refractivity contribution is 0.0689. The Labute approximate surface area is 104 Å². The summed E-state index contributed by atoms with van der Waals surface area (Å²) in [6.07, 6.45) is 1.23. The van der Waals surface area contributed by atoms with Crippen LogP contribution in [0, 0.1) is 0 Å². The molecular weight excluding hydrogens is 234 g/mol. The number of aromatic carboxylic acids is 1. The fourth-order valence-electron chi connectivity index (χ4n) is 1.54. The Morgan fingerprint density at radius 1 is 1.50 bits per heavy atom. The van der Waals surface area contributed by atoms with Crippen LogP contribution in [-0.4, -0.2) is 32.7 Å². The predicted octanol–water partition coefficient (Wildman–Crippen LogP) is 1.42. The Bertz CT molecular complexity index is 551. The zero-order valence-electron chi connectivity index (χ0n) is 9.91. The van der Waals surface area contributed by atoms with Gasteiger partial charge in [0.2, 0.25) is 0 Å². The molecule has 2 rings (SSSR count). The Kier molecular flexibility index (Phi) is 3.57. The molecular formula is C12H13N3O3. The maximum absolute atomic E-state index is 10.7. The van der Waals surface area contributed by atoms with E-state index in [2.05, 4.69) is 10.2 Å². The van der Waals surface area contributed by atoms with Crippen LogP contribution in [0.5, 0.6) is 5.75 Å². The molecule has 2 aromatic rings. The van der Waals surface area contributed by atoms with Crippen LogP contribution >= 0.6 is 0 Å². The van der Waals surface area contributed by atoms with Crippen molar-refractivity contribution in [2.24, 2.45) is 0 Å². The summed E-state index contributed by atoms with van der Waals surface area (Å²) >= 11 is 0. The highest BCUT2D eigenvalue weighted by Gasteiger charge is 2.08. The molecule has 0 bridgehead atoms. The Balaban J connectivity index is 2.12. The number of aromatic nitrogens is 3. The lowest BCUT2D eigenvalue weighted by Gasteiger charge is -2.05. The zero-order chi connectivity index (χ0) is 13.0. The third-order valence-corrected chi connectivity index (χ3v) is 2.29. The van der Waals surface area contributed by atoms with Crippen LogP contribution in [0.2, 0.25) is 0 Å². The fourth-order valence-corrected chi connectivity index (χ4v) is 1.54. The molecule has 1 aromatic heterocycles. The number of hydrogen-bond donors (Lipinski definition) is 1. The number of carbonyl (C=O) groups is 1. The molecule has 0 aliphatic carbocycles. The fraction of sp³-hybridized carbons (Fsp3) is 0.250. The summed E-state index contributed by atoms with van der Waals surface area (Å²) in [5.41, 5.74) is 0.893.